The Labute approximate surface area is 162 Å². The van der Waals surface area contributed by atoms with Gasteiger partial charge < -0.3 is 14.4 Å². The molecule has 0 saturated carbocycles. The maximum atomic E-state index is 13.2. The van der Waals surface area contributed by atoms with Crippen molar-refractivity contribution >= 4 is 27.5 Å². The zero-order chi connectivity index (χ0) is 18.8. The molecule has 1 aliphatic rings. The van der Waals surface area contributed by atoms with Crippen LogP contribution in [0.15, 0.2) is 42.5 Å². The van der Waals surface area contributed by atoms with Crippen LogP contribution in [0.3, 0.4) is 0 Å². The molecule has 140 valence electrons. The molecule has 0 N–H and O–H groups in total. The summed E-state index contributed by atoms with van der Waals surface area (Å²) in [6.45, 7) is 3.18. The minimum Gasteiger partial charge on any atom is -0.493 e. The van der Waals surface area contributed by atoms with Crippen LogP contribution in [-0.4, -0.2) is 36.1 Å². The highest BCUT2D eigenvalue weighted by Gasteiger charge is 2.33. The Morgan fingerprint density at radius 1 is 1.26 bits per heavy atom. The van der Waals surface area contributed by atoms with Gasteiger partial charge in [0.25, 0.3) is 5.91 Å². The molecule has 0 bridgehead atoms. The second-order valence-corrected chi connectivity index (χ2v) is 7.54. The number of carbonyl (C=O) groups is 1. The van der Waals surface area contributed by atoms with Gasteiger partial charge in [-0.15, -0.1) is 11.3 Å². The van der Waals surface area contributed by atoms with E-state index in [2.05, 4.69) is 6.07 Å². The van der Waals surface area contributed by atoms with Crippen LogP contribution in [0.5, 0.6) is 11.5 Å². The number of benzene rings is 2. The number of rotatable bonds is 5. The summed E-state index contributed by atoms with van der Waals surface area (Å²) in [6.07, 6.45) is 1.93. The quantitative estimate of drug-likeness (QED) is 0.643. The van der Waals surface area contributed by atoms with E-state index in [-0.39, 0.29) is 11.9 Å². The summed E-state index contributed by atoms with van der Waals surface area (Å²) < 4.78 is 12.1. The van der Waals surface area contributed by atoms with Crippen LogP contribution in [0.2, 0.25) is 0 Å². The number of amides is 1. The van der Waals surface area contributed by atoms with E-state index < -0.39 is 0 Å². The zero-order valence-corrected chi connectivity index (χ0v) is 16.3. The van der Waals surface area contributed by atoms with Crippen molar-refractivity contribution < 1.29 is 14.3 Å². The largest absolute Gasteiger partial charge is 0.493 e. The van der Waals surface area contributed by atoms with Crippen LogP contribution < -0.4 is 9.47 Å². The lowest BCUT2D eigenvalue weighted by atomic mass is 10.1. The SMILES string of the molecule is CCOc1cc(C(=O)N2CCCC2c2nc3ccccc3s2)ccc1OC. The summed E-state index contributed by atoms with van der Waals surface area (Å²) in [6, 6.07) is 13.5. The Morgan fingerprint density at radius 3 is 2.89 bits per heavy atom. The van der Waals surface area contributed by atoms with Crippen molar-refractivity contribution in [1.82, 2.24) is 9.88 Å². The number of hydrogen-bond donors (Lipinski definition) is 0. The summed E-state index contributed by atoms with van der Waals surface area (Å²) in [7, 11) is 1.60. The van der Waals surface area contributed by atoms with Crippen molar-refractivity contribution in [3.05, 3.63) is 53.0 Å². The molecule has 27 heavy (non-hydrogen) atoms. The first-order chi connectivity index (χ1) is 13.2. The topological polar surface area (TPSA) is 51.7 Å². The fourth-order valence-electron chi connectivity index (χ4n) is 3.54. The Hall–Kier alpha value is -2.60. The molecule has 0 spiro atoms. The maximum absolute atomic E-state index is 13.2. The van der Waals surface area contributed by atoms with Crippen molar-refractivity contribution in [2.75, 3.05) is 20.3 Å². The molecule has 0 aliphatic carbocycles. The summed E-state index contributed by atoms with van der Waals surface area (Å²) >= 11 is 1.68. The smallest absolute Gasteiger partial charge is 0.254 e. The molecule has 1 fully saturated rings. The van der Waals surface area contributed by atoms with Crippen molar-refractivity contribution in [3.8, 4) is 11.5 Å². The monoisotopic (exact) mass is 382 g/mol. The Balaban J connectivity index is 1.63. The molecular weight excluding hydrogens is 360 g/mol. The summed E-state index contributed by atoms with van der Waals surface area (Å²) in [5.41, 5.74) is 1.62. The van der Waals surface area contributed by atoms with Crippen molar-refractivity contribution in [2.24, 2.45) is 0 Å². The molecule has 2 heterocycles. The van der Waals surface area contributed by atoms with E-state index >= 15 is 0 Å². The lowest BCUT2D eigenvalue weighted by Crippen LogP contribution is -2.30. The number of aromatic nitrogens is 1. The van der Waals surface area contributed by atoms with Crippen LogP contribution in [0.4, 0.5) is 0 Å². The maximum Gasteiger partial charge on any atom is 0.254 e. The van der Waals surface area contributed by atoms with Crippen LogP contribution in [-0.2, 0) is 0 Å². The van der Waals surface area contributed by atoms with Crippen molar-refractivity contribution in [3.63, 3.8) is 0 Å². The molecule has 1 aliphatic heterocycles. The number of nitrogens with zero attached hydrogens (tertiary/aromatic N) is 2. The number of thiazole rings is 1. The third-order valence-corrected chi connectivity index (χ3v) is 5.96. The normalized spacial score (nSPS) is 16.7. The van der Waals surface area contributed by atoms with E-state index in [1.807, 2.05) is 30.0 Å². The molecular formula is C21H22N2O3S. The highest BCUT2D eigenvalue weighted by atomic mass is 32.1. The Bertz CT molecular complexity index is 936. The first-order valence-electron chi connectivity index (χ1n) is 9.18. The van der Waals surface area contributed by atoms with E-state index in [1.54, 1.807) is 36.6 Å². The lowest BCUT2D eigenvalue weighted by Gasteiger charge is -2.23. The second kappa shape index (κ2) is 7.56. The van der Waals surface area contributed by atoms with E-state index in [0.29, 0.717) is 23.7 Å². The molecule has 1 unspecified atom stereocenters. The zero-order valence-electron chi connectivity index (χ0n) is 15.5. The molecule has 6 heteroatoms. The van der Waals surface area contributed by atoms with Crippen LogP contribution >= 0.6 is 11.3 Å². The van der Waals surface area contributed by atoms with Gasteiger partial charge >= 0.3 is 0 Å². The van der Waals surface area contributed by atoms with Gasteiger partial charge in [-0.25, -0.2) is 4.98 Å². The van der Waals surface area contributed by atoms with E-state index in [4.69, 9.17) is 14.5 Å². The molecule has 1 amide bonds. The van der Waals surface area contributed by atoms with Gasteiger partial charge in [0.15, 0.2) is 11.5 Å². The lowest BCUT2D eigenvalue weighted by molar-refractivity contribution is 0.0735. The third kappa shape index (κ3) is 3.37. The van der Waals surface area contributed by atoms with Gasteiger partial charge in [-0.2, -0.15) is 0 Å². The van der Waals surface area contributed by atoms with E-state index in [0.717, 1.165) is 34.6 Å². The van der Waals surface area contributed by atoms with Gasteiger partial charge in [0.05, 0.1) is 30.0 Å². The Kier molecular flexibility index (Phi) is 4.99. The first-order valence-corrected chi connectivity index (χ1v) is 10.00. The third-order valence-electron chi connectivity index (χ3n) is 4.82. The van der Waals surface area contributed by atoms with E-state index in [9.17, 15) is 4.79 Å². The van der Waals surface area contributed by atoms with Gasteiger partial charge in [0, 0.05) is 12.1 Å². The van der Waals surface area contributed by atoms with Crippen molar-refractivity contribution in [2.45, 2.75) is 25.8 Å². The highest BCUT2D eigenvalue weighted by molar-refractivity contribution is 7.18. The molecule has 1 aromatic heterocycles. The predicted molar refractivity (Wildman–Crippen MR) is 107 cm³/mol. The molecule has 4 rings (SSSR count). The summed E-state index contributed by atoms with van der Waals surface area (Å²) in [5.74, 6) is 1.25. The number of hydrogen-bond acceptors (Lipinski definition) is 5. The Morgan fingerprint density at radius 2 is 2.11 bits per heavy atom. The van der Waals surface area contributed by atoms with Crippen molar-refractivity contribution in [1.29, 1.82) is 0 Å². The molecule has 1 atom stereocenters. The summed E-state index contributed by atoms with van der Waals surface area (Å²) in [5, 5.41) is 1.01. The molecule has 3 aromatic rings. The van der Waals surface area contributed by atoms with Gasteiger partial charge in [-0.05, 0) is 50.1 Å². The fraction of sp³-hybridized carbons (Fsp3) is 0.333. The second-order valence-electron chi connectivity index (χ2n) is 6.48. The van der Waals surface area contributed by atoms with Gasteiger partial charge in [-0.3, -0.25) is 4.79 Å². The van der Waals surface area contributed by atoms with Gasteiger partial charge in [-0.1, -0.05) is 12.1 Å². The molecule has 1 saturated heterocycles. The van der Waals surface area contributed by atoms with Crippen LogP contribution in [0, 0.1) is 0 Å². The fourth-order valence-corrected chi connectivity index (χ4v) is 4.66. The van der Waals surface area contributed by atoms with Crippen LogP contribution in [0.1, 0.15) is 41.2 Å². The average molecular weight is 382 g/mol. The predicted octanol–water partition coefficient (Wildman–Crippen LogP) is 4.68. The number of carbonyl (C=O) groups excluding carboxylic acids is 1. The number of likely N-dealkylation sites (tertiary alicyclic amines) is 1. The molecule has 5 nitrogen and oxygen atoms in total. The van der Waals surface area contributed by atoms with Crippen LogP contribution in [0.25, 0.3) is 10.2 Å². The molecule has 2 aromatic carbocycles. The standard InChI is InChI=1S/C21H22N2O3S/c1-3-26-18-13-14(10-11-17(18)25-2)21(24)23-12-6-8-16(23)20-22-15-7-4-5-9-19(15)27-20/h4-5,7,9-11,13,16H,3,6,8,12H2,1-2H3. The molecule has 0 radical (unpaired) electrons. The average Bonchev–Trinajstić information content (AvgIpc) is 3.34. The van der Waals surface area contributed by atoms with Gasteiger partial charge in [0.1, 0.15) is 5.01 Å². The first kappa shape index (κ1) is 17.8. The van der Waals surface area contributed by atoms with Gasteiger partial charge in [0.2, 0.25) is 0 Å². The number of fused-ring (bicyclic) bond motifs is 1. The highest BCUT2D eigenvalue weighted by Crippen LogP contribution is 2.38. The minimum atomic E-state index is 0.0142. The number of ether oxygens (including phenoxy) is 2. The number of methoxy groups -OCH3 is 1. The minimum absolute atomic E-state index is 0.0142. The van der Waals surface area contributed by atoms with E-state index in [1.165, 1.54) is 0 Å². The summed E-state index contributed by atoms with van der Waals surface area (Å²) in [4.78, 5) is 19.9. The number of para-hydroxylation sites is 1.